The van der Waals surface area contributed by atoms with E-state index >= 15 is 0 Å². The Hall–Kier alpha value is -2.32. The summed E-state index contributed by atoms with van der Waals surface area (Å²) in [6, 6.07) is 3.39. The van der Waals surface area contributed by atoms with Gasteiger partial charge in [-0.15, -0.1) is 6.42 Å². The SMILES string of the molecule is C#Cc1cc2cnc(C(=O)NC3CC4CCN3C4)cc2o1. The van der Waals surface area contributed by atoms with E-state index in [0.717, 1.165) is 30.8 Å². The van der Waals surface area contributed by atoms with Gasteiger partial charge in [0, 0.05) is 36.8 Å². The molecule has 0 radical (unpaired) electrons. The van der Waals surface area contributed by atoms with Crippen molar-refractivity contribution in [3.63, 3.8) is 0 Å². The number of terminal acetylenes is 1. The number of piperidine rings is 1. The first-order valence-corrected chi connectivity index (χ1v) is 7.14. The van der Waals surface area contributed by atoms with Gasteiger partial charge in [-0.2, -0.15) is 0 Å². The van der Waals surface area contributed by atoms with Crippen LogP contribution >= 0.6 is 0 Å². The predicted octanol–water partition coefficient (Wildman–Crippen LogP) is 1.59. The summed E-state index contributed by atoms with van der Waals surface area (Å²) in [5.74, 6) is 3.46. The van der Waals surface area contributed by atoms with Crippen LogP contribution in [0, 0.1) is 18.3 Å². The highest BCUT2D eigenvalue weighted by atomic mass is 16.3. The minimum Gasteiger partial charge on any atom is -0.448 e. The summed E-state index contributed by atoms with van der Waals surface area (Å²) in [6.45, 7) is 2.17. The van der Waals surface area contributed by atoms with E-state index < -0.39 is 0 Å². The number of carbonyl (C=O) groups excluding carboxylic acids is 1. The second-order valence-corrected chi connectivity index (χ2v) is 5.74. The molecule has 4 rings (SSSR count). The summed E-state index contributed by atoms with van der Waals surface area (Å²) < 4.78 is 5.46. The molecule has 4 heterocycles. The maximum atomic E-state index is 12.3. The quantitative estimate of drug-likeness (QED) is 0.849. The van der Waals surface area contributed by atoms with Gasteiger partial charge in [0.15, 0.2) is 5.76 Å². The lowest BCUT2D eigenvalue weighted by Crippen LogP contribution is -2.45. The van der Waals surface area contributed by atoms with Gasteiger partial charge >= 0.3 is 0 Å². The van der Waals surface area contributed by atoms with E-state index in [9.17, 15) is 4.79 Å². The van der Waals surface area contributed by atoms with Crippen molar-refractivity contribution in [3.8, 4) is 12.3 Å². The second-order valence-electron chi connectivity index (χ2n) is 5.74. The molecule has 1 N–H and O–H groups in total. The molecule has 3 atom stereocenters. The van der Waals surface area contributed by atoms with E-state index in [0.29, 0.717) is 17.0 Å². The number of rotatable bonds is 2. The zero-order chi connectivity index (χ0) is 14.4. The van der Waals surface area contributed by atoms with Crippen molar-refractivity contribution in [1.82, 2.24) is 15.2 Å². The third-order valence-corrected chi connectivity index (χ3v) is 4.39. The number of furan rings is 1. The molecule has 2 aliphatic rings. The number of nitrogens with one attached hydrogen (secondary N) is 1. The number of pyridine rings is 1. The van der Waals surface area contributed by atoms with E-state index in [-0.39, 0.29) is 12.1 Å². The average Bonchev–Trinajstić information content (AvgIpc) is 3.20. The highest BCUT2D eigenvalue weighted by Crippen LogP contribution is 2.31. The molecule has 2 saturated heterocycles. The molecule has 1 amide bonds. The molecule has 106 valence electrons. The largest absolute Gasteiger partial charge is 0.448 e. The molecule has 5 heteroatoms. The zero-order valence-electron chi connectivity index (χ0n) is 11.5. The minimum atomic E-state index is -0.159. The lowest BCUT2D eigenvalue weighted by Gasteiger charge is -2.25. The predicted molar refractivity (Wildman–Crippen MR) is 77.5 cm³/mol. The number of hydrogen-bond donors (Lipinski definition) is 1. The first-order valence-electron chi connectivity index (χ1n) is 7.14. The summed E-state index contributed by atoms with van der Waals surface area (Å²) in [5, 5.41) is 3.86. The summed E-state index contributed by atoms with van der Waals surface area (Å²) in [6.07, 6.45) is 9.36. The molecule has 0 spiro atoms. The minimum absolute atomic E-state index is 0.145. The van der Waals surface area contributed by atoms with Crippen LogP contribution in [-0.2, 0) is 0 Å². The number of carbonyl (C=O) groups is 1. The van der Waals surface area contributed by atoms with Gasteiger partial charge in [0.05, 0.1) is 6.17 Å². The van der Waals surface area contributed by atoms with E-state index in [1.54, 1.807) is 18.3 Å². The van der Waals surface area contributed by atoms with Crippen molar-refractivity contribution in [2.24, 2.45) is 5.92 Å². The molecule has 2 fully saturated rings. The van der Waals surface area contributed by atoms with Gasteiger partial charge in [-0.05, 0) is 24.7 Å². The smallest absolute Gasteiger partial charge is 0.271 e. The Kier molecular flexibility index (Phi) is 2.72. The fourth-order valence-electron chi connectivity index (χ4n) is 3.31. The van der Waals surface area contributed by atoms with Crippen molar-refractivity contribution < 1.29 is 9.21 Å². The number of hydrogen-bond acceptors (Lipinski definition) is 4. The molecule has 0 aliphatic carbocycles. The molecule has 0 saturated carbocycles. The van der Waals surface area contributed by atoms with Gasteiger partial charge in [-0.1, -0.05) is 0 Å². The van der Waals surface area contributed by atoms with Gasteiger partial charge in [-0.25, -0.2) is 0 Å². The molecule has 2 aromatic heterocycles. The van der Waals surface area contributed by atoms with Crippen LogP contribution in [0.4, 0.5) is 0 Å². The first kappa shape index (κ1) is 12.4. The van der Waals surface area contributed by atoms with Crippen molar-refractivity contribution in [3.05, 3.63) is 29.8 Å². The molecular weight excluding hydrogens is 266 g/mol. The Morgan fingerprint density at radius 1 is 1.52 bits per heavy atom. The van der Waals surface area contributed by atoms with Crippen LogP contribution in [0.2, 0.25) is 0 Å². The first-order chi connectivity index (χ1) is 10.2. The third kappa shape index (κ3) is 2.08. The monoisotopic (exact) mass is 281 g/mol. The summed E-state index contributed by atoms with van der Waals surface area (Å²) >= 11 is 0. The molecule has 5 nitrogen and oxygen atoms in total. The van der Waals surface area contributed by atoms with Crippen molar-refractivity contribution in [2.45, 2.75) is 19.0 Å². The topological polar surface area (TPSA) is 58.4 Å². The number of aromatic nitrogens is 1. The highest BCUT2D eigenvalue weighted by Gasteiger charge is 2.38. The van der Waals surface area contributed by atoms with Crippen molar-refractivity contribution in [2.75, 3.05) is 13.1 Å². The van der Waals surface area contributed by atoms with Crippen LogP contribution in [0.5, 0.6) is 0 Å². The average molecular weight is 281 g/mol. The lowest BCUT2D eigenvalue weighted by molar-refractivity contribution is 0.0877. The molecule has 0 aromatic carbocycles. The number of amides is 1. The van der Waals surface area contributed by atoms with E-state index in [1.165, 1.54) is 6.42 Å². The summed E-state index contributed by atoms with van der Waals surface area (Å²) in [4.78, 5) is 18.8. The van der Waals surface area contributed by atoms with Gasteiger partial charge < -0.3 is 9.73 Å². The van der Waals surface area contributed by atoms with Crippen LogP contribution in [0.15, 0.2) is 22.7 Å². The molecule has 21 heavy (non-hydrogen) atoms. The summed E-state index contributed by atoms with van der Waals surface area (Å²) in [7, 11) is 0. The Labute approximate surface area is 122 Å². The Morgan fingerprint density at radius 2 is 2.43 bits per heavy atom. The van der Waals surface area contributed by atoms with Gasteiger partial charge in [-0.3, -0.25) is 14.7 Å². The molecule has 2 bridgehead atoms. The fraction of sp³-hybridized carbons (Fsp3) is 0.375. The van der Waals surface area contributed by atoms with Crippen LogP contribution in [0.25, 0.3) is 11.0 Å². The zero-order valence-corrected chi connectivity index (χ0v) is 11.5. The Bertz CT molecular complexity index is 758. The van der Waals surface area contributed by atoms with Crippen LogP contribution in [0.1, 0.15) is 29.1 Å². The maximum absolute atomic E-state index is 12.3. The van der Waals surface area contributed by atoms with Crippen molar-refractivity contribution >= 4 is 16.9 Å². The van der Waals surface area contributed by atoms with E-state index in [4.69, 9.17) is 10.8 Å². The van der Waals surface area contributed by atoms with Gasteiger partial charge in [0.2, 0.25) is 0 Å². The molecule has 3 unspecified atom stereocenters. The fourth-order valence-corrected chi connectivity index (χ4v) is 3.31. The van der Waals surface area contributed by atoms with Crippen LogP contribution < -0.4 is 5.32 Å². The Balaban J connectivity index is 1.55. The lowest BCUT2D eigenvalue weighted by atomic mass is 10.0. The number of nitrogens with zero attached hydrogens (tertiary/aromatic N) is 2. The molecular formula is C16H15N3O2. The third-order valence-electron chi connectivity index (χ3n) is 4.39. The van der Waals surface area contributed by atoms with E-state index in [1.807, 2.05) is 0 Å². The summed E-state index contributed by atoms with van der Waals surface area (Å²) in [5.41, 5.74) is 0.959. The Morgan fingerprint density at radius 3 is 3.14 bits per heavy atom. The normalized spacial score (nSPS) is 26.9. The second kappa shape index (κ2) is 4.61. The van der Waals surface area contributed by atoms with E-state index in [2.05, 4.69) is 21.1 Å². The van der Waals surface area contributed by atoms with Gasteiger partial charge in [0.1, 0.15) is 11.3 Å². The maximum Gasteiger partial charge on any atom is 0.271 e. The molecule has 2 aromatic rings. The highest BCUT2D eigenvalue weighted by molar-refractivity contribution is 5.95. The van der Waals surface area contributed by atoms with Crippen LogP contribution in [0.3, 0.4) is 0 Å². The standard InChI is InChI=1S/C16H15N3O2/c1-2-12-6-11-8-17-13(7-14(11)21-12)16(20)18-15-5-10-3-4-19(15)9-10/h1,6-8,10,15H,3-5,9H2,(H,18,20). The van der Waals surface area contributed by atoms with Crippen molar-refractivity contribution in [1.29, 1.82) is 0 Å². The van der Waals surface area contributed by atoms with Gasteiger partial charge in [0.25, 0.3) is 5.91 Å². The number of fused-ring (bicyclic) bond motifs is 3. The van der Waals surface area contributed by atoms with Crippen LogP contribution in [-0.4, -0.2) is 35.0 Å². The molecule has 2 aliphatic heterocycles.